The molecule has 0 atom stereocenters. The Hall–Kier alpha value is -2.17. The molecule has 0 aliphatic carbocycles. The van der Waals surface area contributed by atoms with Gasteiger partial charge in [-0.15, -0.1) is 0 Å². The van der Waals surface area contributed by atoms with Crippen LogP contribution in [0.15, 0.2) is 24.3 Å². The van der Waals surface area contributed by atoms with E-state index in [0.29, 0.717) is 12.4 Å². The van der Waals surface area contributed by atoms with E-state index in [2.05, 4.69) is 9.97 Å². The van der Waals surface area contributed by atoms with Crippen molar-refractivity contribution in [1.82, 2.24) is 9.97 Å². The quantitative estimate of drug-likeness (QED) is 0.931. The largest absolute Gasteiger partial charge is 0.383 e. The first-order chi connectivity index (χ1) is 9.51. The molecule has 1 aromatic heterocycles. The number of hydrogen-bond donors (Lipinski definition) is 1. The molecular weight excluding hydrogens is 255 g/mol. The summed E-state index contributed by atoms with van der Waals surface area (Å²) in [4.78, 5) is 10.8. The molecular formula is C15H19FN4. The Morgan fingerprint density at radius 2 is 1.85 bits per heavy atom. The number of aryl methyl sites for hydroxylation is 1. The number of benzene rings is 1. The smallest absolute Gasteiger partial charge is 0.137 e. The Bertz CT molecular complexity index is 596. The van der Waals surface area contributed by atoms with Crippen molar-refractivity contribution >= 4 is 11.6 Å². The van der Waals surface area contributed by atoms with Crippen LogP contribution < -0.4 is 10.6 Å². The van der Waals surface area contributed by atoms with E-state index < -0.39 is 0 Å². The molecule has 106 valence electrons. The summed E-state index contributed by atoms with van der Waals surface area (Å²) >= 11 is 0. The molecule has 1 heterocycles. The van der Waals surface area contributed by atoms with Crippen LogP contribution in [0.25, 0.3) is 0 Å². The van der Waals surface area contributed by atoms with Crippen LogP contribution in [0.2, 0.25) is 0 Å². The number of anilines is 2. The molecule has 1 aromatic carbocycles. The maximum atomic E-state index is 12.9. The highest BCUT2D eigenvalue weighted by Crippen LogP contribution is 2.22. The summed E-state index contributed by atoms with van der Waals surface area (Å²) in [6.07, 6.45) is 0.738. The van der Waals surface area contributed by atoms with E-state index in [-0.39, 0.29) is 5.82 Å². The number of nitrogen functional groups attached to an aromatic ring is 1. The number of nitrogens with two attached hydrogens (primary N) is 1. The summed E-state index contributed by atoms with van der Waals surface area (Å²) in [7, 11) is 1.94. The van der Waals surface area contributed by atoms with E-state index in [1.165, 1.54) is 12.1 Å². The van der Waals surface area contributed by atoms with Crippen molar-refractivity contribution in [3.63, 3.8) is 0 Å². The monoisotopic (exact) mass is 274 g/mol. The van der Waals surface area contributed by atoms with Gasteiger partial charge in [0.2, 0.25) is 0 Å². The maximum absolute atomic E-state index is 12.9. The summed E-state index contributed by atoms with van der Waals surface area (Å²) in [5.74, 6) is 1.83. The molecule has 0 radical (unpaired) electrons. The molecule has 0 aliphatic rings. The van der Waals surface area contributed by atoms with E-state index in [0.717, 1.165) is 29.2 Å². The topological polar surface area (TPSA) is 55.0 Å². The van der Waals surface area contributed by atoms with Crippen LogP contribution in [-0.4, -0.2) is 17.0 Å². The summed E-state index contributed by atoms with van der Waals surface area (Å²) < 4.78 is 12.9. The van der Waals surface area contributed by atoms with Crippen LogP contribution in [0.3, 0.4) is 0 Å². The van der Waals surface area contributed by atoms with Gasteiger partial charge in [-0.2, -0.15) is 0 Å². The van der Waals surface area contributed by atoms with Crippen LogP contribution in [0.1, 0.15) is 23.9 Å². The van der Waals surface area contributed by atoms with E-state index in [4.69, 9.17) is 5.73 Å². The fourth-order valence-electron chi connectivity index (χ4n) is 2.04. The van der Waals surface area contributed by atoms with Gasteiger partial charge in [0.05, 0.1) is 0 Å². The van der Waals surface area contributed by atoms with E-state index in [9.17, 15) is 4.39 Å². The molecule has 0 saturated heterocycles. The molecule has 20 heavy (non-hydrogen) atoms. The molecule has 2 N–H and O–H groups in total. The van der Waals surface area contributed by atoms with Gasteiger partial charge in [-0.1, -0.05) is 19.1 Å². The fourth-order valence-corrected chi connectivity index (χ4v) is 2.04. The Balaban J connectivity index is 2.26. The lowest BCUT2D eigenvalue weighted by molar-refractivity contribution is 0.627. The van der Waals surface area contributed by atoms with E-state index in [1.54, 1.807) is 12.1 Å². The van der Waals surface area contributed by atoms with Gasteiger partial charge in [0.25, 0.3) is 0 Å². The molecule has 0 fully saturated rings. The Morgan fingerprint density at radius 3 is 2.45 bits per heavy atom. The van der Waals surface area contributed by atoms with Crippen molar-refractivity contribution < 1.29 is 4.39 Å². The van der Waals surface area contributed by atoms with Crippen LogP contribution in [-0.2, 0) is 13.0 Å². The van der Waals surface area contributed by atoms with Crippen molar-refractivity contribution in [1.29, 1.82) is 0 Å². The zero-order valence-electron chi connectivity index (χ0n) is 12.0. The summed E-state index contributed by atoms with van der Waals surface area (Å²) in [5.41, 5.74) is 7.81. The molecule has 4 nitrogen and oxygen atoms in total. The number of halogens is 1. The van der Waals surface area contributed by atoms with Crippen LogP contribution in [0, 0.1) is 12.7 Å². The summed E-state index contributed by atoms with van der Waals surface area (Å²) in [6, 6.07) is 6.46. The lowest BCUT2D eigenvalue weighted by atomic mass is 10.2. The molecule has 0 amide bonds. The van der Waals surface area contributed by atoms with Gasteiger partial charge in [0, 0.05) is 25.6 Å². The van der Waals surface area contributed by atoms with E-state index >= 15 is 0 Å². The SMILES string of the molecule is CCc1nc(N)c(C)c(N(C)Cc2ccc(F)cc2)n1. The van der Waals surface area contributed by atoms with Gasteiger partial charge in [-0.3, -0.25) is 0 Å². The predicted octanol–water partition coefficient (Wildman–Crippen LogP) is 2.71. The molecule has 0 saturated carbocycles. The molecule has 0 spiro atoms. The number of aromatic nitrogens is 2. The first-order valence-corrected chi connectivity index (χ1v) is 6.59. The molecule has 0 unspecified atom stereocenters. The van der Waals surface area contributed by atoms with Crippen LogP contribution >= 0.6 is 0 Å². The minimum Gasteiger partial charge on any atom is -0.383 e. The Kier molecular flexibility index (Phi) is 4.17. The second kappa shape index (κ2) is 5.86. The molecule has 5 heteroatoms. The predicted molar refractivity (Wildman–Crippen MR) is 79.1 cm³/mol. The van der Waals surface area contributed by atoms with Crippen molar-refractivity contribution in [2.45, 2.75) is 26.8 Å². The van der Waals surface area contributed by atoms with Crippen molar-refractivity contribution in [3.8, 4) is 0 Å². The fraction of sp³-hybridized carbons (Fsp3) is 0.333. The van der Waals surface area contributed by atoms with Crippen molar-refractivity contribution in [2.24, 2.45) is 0 Å². The Morgan fingerprint density at radius 1 is 1.20 bits per heavy atom. The van der Waals surface area contributed by atoms with Gasteiger partial charge >= 0.3 is 0 Å². The highest BCUT2D eigenvalue weighted by molar-refractivity contribution is 5.56. The lowest BCUT2D eigenvalue weighted by Crippen LogP contribution is -2.20. The summed E-state index contributed by atoms with van der Waals surface area (Å²) in [6.45, 7) is 4.54. The van der Waals surface area contributed by atoms with Crippen LogP contribution in [0.5, 0.6) is 0 Å². The zero-order valence-corrected chi connectivity index (χ0v) is 12.0. The average Bonchev–Trinajstić information content (AvgIpc) is 2.44. The van der Waals surface area contributed by atoms with Crippen molar-refractivity contribution in [3.05, 3.63) is 47.0 Å². The minimum absolute atomic E-state index is 0.230. The molecule has 2 aromatic rings. The highest BCUT2D eigenvalue weighted by Gasteiger charge is 2.12. The van der Waals surface area contributed by atoms with Gasteiger partial charge in [0.1, 0.15) is 23.3 Å². The average molecular weight is 274 g/mol. The second-order valence-electron chi connectivity index (χ2n) is 4.81. The number of rotatable bonds is 4. The lowest BCUT2D eigenvalue weighted by Gasteiger charge is -2.21. The summed E-state index contributed by atoms with van der Waals surface area (Å²) in [5, 5.41) is 0. The second-order valence-corrected chi connectivity index (χ2v) is 4.81. The third-order valence-corrected chi connectivity index (χ3v) is 3.21. The van der Waals surface area contributed by atoms with Gasteiger partial charge in [-0.05, 0) is 24.6 Å². The third-order valence-electron chi connectivity index (χ3n) is 3.21. The first-order valence-electron chi connectivity index (χ1n) is 6.59. The standard InChI is InChI=1S/C15H19FN4/c1-4-13-18-14(17)10(2)15(19-13)20(3)9-11-5-7-12(16)8-6-11/h5-8H,4,9H2,1-3H3,(H2,17,18,19). The number of nitrogens with zero attached hydrogens (tertiary/aromatic N) is 3. The van der Waals surface area contributed by atoms with E-state index in [1.807, 2.05) is 25.8 Å². The minimum atomic E-state index is -0.230. The normalized spacial score (nSPS) is 10.6. The molecule has 2 rings (SSSR count). The zero-order chi connectivity index (χ0) is 14.7. The molecule has 0 bridgehead atoms. The van der Waals surface area contributed by atoms with Gasteiger partial charge in [-0.25, -0.2) is 14.4 Å². The molecule has 0 aliphatic heterocycles. The third kappa shape index (κ3) is 3.04. The van der Waals surface area contributed by atoms with Gasteiger partial charge < -0.3 is 10.6 Å². The van der Waals surface area contributed by atoms with Crippen molar-refractivity contribution in [2.75, 3.05) is 17.7 Å². The number of hydrogen-bond acceptors (Lipinski definition) is 4. The maximum Gasteiger partial charge on any atom is 0.137 e. The first kappa shape index (κ1) is 14.2. The van der Waals surface area contributed by atoms with Crippen LogP contribution in [0.4, 0.5) is 16.0 Å². The highest BCUT2D eigenvalue weighted by atomic mass is 19.1. The van der Waals surface area contributed by atoms with Gasteiger partial charge in [0.15, 0.2) is 0 Å². The Labute approximate surface area is 118 Å².